The Bertz CT molecular complexity index is 616. The molecule has 0 fully saturated rings. The Morgan fingerprint density at radius 3 is 2.33 bits per heavy atom. The minimum Gasteiger partial charge on any atom is -0.493 e. The zero-order valence-electron chi connectivity index (χ0n) is 11.9. The monoisotopic (exact) mass is 354 g/mol. The standard InChI is InChI=1S/C16H16BrFO3/c1-19-15-5-3-11(7-16(15)20-2)10-21-14-6-4-13(18)8-12(14)9-17/h3-8H,9-10H2,1-2H3. The van der Waals surface area contributed by atoms with Crippen LogP contribution in [0.5, 0.6) is 17.2 Å². The first kappa shape index (κ1) is 15.6. The molecule has 3 nitrogen and oxygen atoms in total. The van der Waals surface area contributed by atoms with E-state index in [0.29, 0.717) is 29.2 Å². The summed E-state index contributed by atoms with van der Waals surface area (Å²) in [5.74, 6) is 1.70. The molecule has 0 aliphatic carbocycles. The summed E-state index contributed by atoms with van der Waals surface area (Å²) in [5, 5.41) is 0.534. The van der Waals surface area contributed by atoms with Gasteiger partial charge in [0.25, 0.3) is 0 Å². The van der Waals surface area contributed by atoms with Crippen LogP contribution in [0.25, 0.3) is 0 Å². The Morgan fingerprint density at radius 1 is 0.952 bits per heavy atom. The zero-order chi connectivity index (χ0) is 15.2. The van der Waals surface area contributed by atoms with Gasteiger partial charge in [-0.05, 0) is 35.9 Å². The first-order valence-corrected chi connectivity index (χ1v) is 7.48. The van der Waals surface area contributed by atoms with Crippen LogP contribution in [-0.2, 0) is 11.9 Å². The Hall–Kier alpha value is -1.75. The predicted octanol–water partition coefficient (Wildman–Crippen LogP) is 4.32. The molecule has 0 spiro atoms. The number of hydrogen-bond acceptors (Lipinski definition) is 3. The van der Waals surface area contributed by atoms with Gasteiger partial charge in [-0.3, -0.25) is 0 Å². The van der Waals surface area contributed by atoms with Crippen LogP contribution < -0.4 is 14.2 Å². The van der Waals surface area contributed by atoms with Gasteiger partial charge in [-0.15, -0.1) is 0 Å². The van der Waals surface area contributed by atoms with Crippen molar-refractivity contribution < 1.29 is 18.6 Å². The molecular formula is C16H16BrFO3. The molecule has 112 valence electrons. The SMILES string of the molecule is COc1ccc(COc2ccc(F)cc2CBr)cc1OC. The normalized spacial score (nSPS) is 10.3. The van der Waals surface area contributed by atoms with Crippen molar-refractivity contribution in [2.75, 3.05) is 14.2 Å². The number of benzene rings is 2. The van der Waals surface area contributed by atoms with Gasteiger partial charge in [0.1, 0.15) is 18.2 Å². The predicted molar refractivity (Wildman–Crippen MR) is 82.9 cm³/mol. The van der Waals surface area contributed by atoms with Crippen LogP contribution in [0.15, 0.2) is 36.4 Å². The third-order valence-corrected chi connectivity index (χ3v) is 3.61. The van der Waals surface area contributed by atoms with Gasteiger partial charge < -0.3 is 14.2 Å². The molecular weight excluding hydrogens is 339 g/mol. The minimum absolute atomic E-state index is 0.275. The van der Waals surface area contributed by atoms with Gasteiger partial charge in [-0.1, -0.05) is 22.0 Å². The van der Waals surface area contributed by atoms with E-state index < -0.39 is 0 Å². The summed E-state index contributed by atoms with van der Waals surface area (Å²) in [6.45, 7) is 0.367. The van der Waals surface area contributed by atoms with Crippen LogP contribution in [0.3, 0.4) is 0 Å². The van der Waals surface area contributed by atoms with E-state index in [-0.39, 0.29) is 5.82 Å². The van der Waals surface area contributed by atoms with E-state index >= 15 is 0 Å². The molecule has 2 aromatic rings. The van der Waals surface area contributed by atoms with E-state index in [1.54, 1.807) is 20.3 Å². The van der Waals surface area contributed by atoms with Gasteiger partial charge in [-0.2, -0.15) is 0 Å². The molecule has 21 heavy (non-hydrogen) atoms. The van der Waals surface area contributed by atoms with Crippen molar-refractivity contribution in [3.8, 4) is 17.2 Å². The molecule has 0 unspecified atom stereocenters. The van der Waals surface area contributed by atoms with Crippen LogP contribution in [-0.4, -0.2) is 14.2 Å². The number of hydrogen-bond donors (Lipinski definition) is 0. The largest absolute Gasteiger partial charge is 0.493 e. The highest BCUT2D eigenvalue weighted by atomic mass is 79.9. The fourth-order valence-corrected chi connectivity index (χ4v) is 2.36. The fourth-order valence-electron chi connectivity index (χ4n) is 1.92. The average molecular weight is 355 g/mol. The van der Waals surface area contributed by atoms with Gasteiger partial charge in [0.05, 0.1) is 14.2 Å². The molecule has 0 N–H and O–H groups in total. The molecule has 0 aromatic heterocycles. The molecule has 0 amide bonds. The maximum atomic E-state index is 13.2. The highest BCUT2D eigenvalue weighted by Crippen LogP contribution is 2.29. The second-order valence-electron chi connectivity index (χ2n) is 4.36. The van der Waals surface area contributed by atoms with Crippen LogP contribution in [0, 0.1) is 5.82 Å². The molecule has 0 atom stereocenters. The number of methoxy groups -OCH3 is 2. The molecule has 0 radical (unpaired) electrons. The quantitative estimate of drug-likeness (QED) is 0.723. The smallest absolute Gasteiger partial charge is 0.161 e. The summed E-state index contributed by atoms with van der Waals surface area (Å²) < 4.78 is 29.4. The fraction of sp³-hybridized carbons (Fsp3) is 0.250. The first-order valence-electron chi connectivity index (χ1n) is 6.36. The molecule has 0 bridgehead atoms. The molecule has 0 heterocycles. The highest BCUT2D eigenvalue weighted by molar-refractivity contribution is 9.08. The Morgan fingerprint density at radius 2 is 1.67 bits per heavy atom. The van der Waals surface area contributed by atoms with Crippen molar-refractivity contribution in [2.45, 2.75) is 11.9 Å². The van der Waals surface area contributed by atoms with Crippen molar-refractivity contribution in [3.63, 3.8) is 0 Å². The second kappa shape index (κ2) is 7.31. The second-order valence-corrected chi connectivity index (χ2v) is 4.92. The van der Waals surface area contributed by atoms with E-state index in [9.17, 15) is 4.39 Å². The van der Waals surface area contributed by atoms with Crippen molar-refractivity contribution in [1.29, 1.82) is 0 Å². The van der Waals surface area contributed by atoms with Crippen molar-refractivity contribution in [2.24, 2.45) is 0 Å². The lowest BCUT2D eigenvalue weighted by molar-refractivity contribution is 0.301. The number of halogens is 2. The maximum absolute atomic E-state index is 13.2. The number of alkyl halides is 1. The number of rotatable bonds is 6. The minimum atomic E-state index is -0.275. The molecule has 0 saturated heterocycles. The number of ether oxygens (including phenoxy) is 3. The van der Waals surface area contributed by atoms with Crippen molar-refractivity contribution in [1.82, 2.24) is 0 Å². The summed E-state index contributed by atoms with van der Waals surface area (Å²) in [5.41, 5.74) is 1.72. The topological polar surface area (TPSA) is 27.7 Å². The van der Waals surface area contributed by atoms with Crippen LogP contribution in [0.1, 0.15) is 11.1 Å². The third kappa shape index (κ3) is 3.88. The summed E-state index contributed by atoms with van der Waals surface area (Å²) in [6.07, 6.45) is 0. The third-order valence-electron chi connectivity index (χ3n) is 3.01. The Labute approximate surface area is 131 Å². The zero-order valence-corrected chi connectivity index (χ0v) is 13.4. The molecule has 2 rings (SSSR count). The molecule has 0 aliphatic heterocycles. The Balaban J connectivity index is 2.13. The van der Waals surface area contributed by atoms with E-state index in [1.807, 2.05) is 18.2 Å². The summed E-state index contributed by atoms with van der Waals surface area (Å²) in [4.78, 5) is 0. The lowest BCUT2D eigenvalue weighted by Crippen LogP contribution is -1.99. The van der Waals surface area contributed by atoms with Gasteiger partial charge in [-0.25, -0.2) is 4.39 Å². The maximum Gasteiger partial charge on any atom is 0.161 e. The van der Waals surface area contributed by atoms with Crippen molar-refractivity contribution >= 4 is 15.9 Å². The van der Waals surface area contributed by atoms with E-state index in [0.717, 1.165) is 11.1 Å². The van der Waals surface area contributed by atoms with E-state index in [4.69, 9.17) is 14.2 Å². The van der Waals surface area contributed by atoms with Gasteiger partial charge >= 0.3 is 0 Å². The highest BCUT2D eigenvalue weighted by Gasteiger charge is 2.07. The lowest BCUT2D eigenvalue weighted by Gasteiger charge is -2.12. The molecule has 2 aromatic carbocycles. The summed E-state index contributed by atoms with van der Waals surface area (Å²) >= 11 is 3.33. The first-order chi connectivity index (χ1) is 10.2. The summed E-state index contributed by atoms with van der Waals surface area (Å²) in [7, 11) is 3.18. The average Bonchev–Trinajstić information content (AvgIpc) is 2.53. The Kier molecular flexibility index (Phi) is 5.44. The van der Waals surface area contributed by atoms with Crippen LogP contribution in [0.4, 0.5) is 4.39 Å². The van der Waals surface area contributed by atoms with Crippen LogP contribution in [0.2, 0.25) is 0 Å². The lowest BCUT2D eigenvalue weighted by atomic mass is 10.2. The molecule has 0 aliphatic rings. The van der Waals surface area contributed by atoms with E-state index in [1.165, 1.54) is 12.1 Å². The summed E-state index contributed by atoms with van der Waals surface area (Å²) in [6, 6.07) is 10.1. The molecule has 0 saturated carbocycles. The van der Waals surface area contributed by atoms with Gasteiger partial charge in [0.15, 0.2) is 11.5 Å². The van der Waals surface area contributed by atoms with Gasteiger partial charge in [0.2, 0.25) is 0 Å². The van der Waals surface area contributed by atoms with Gasteiger partial charge in [0, 0.05) is 10.9 Å². The van der Waals surface area contributed by atoms with E-state index in [2.05, 4.69) is 15.9 Å². The van der Waals surface area contributed by atoms with Crippen LogP contribution >= 0.6 is 15.9 Å². The van der Waals surface area contributed by atoms with Crippen molar-refractivity contribution in [3.05, 3.63) is 53.3 Å². The molecule has 5 heteroatoms.